The van der Waals surface area contributed by atoms with Gasteiger partial charge in [-0.05, 0) is 19.8 Å². The van der Waals surface area contributed by atoms with Crippen LogP contribution < -0.4 is 0 Å². The normalized spacial score (nSPS) is 46.2. The lowest BCUT2D eigenvalue weighted by molar-refractivity contribution is -0.162. The maximum Gasteiger partial charge on any atom is 0.313 e. The van der Waals surface area contributed by atoms with E-state index in [4.69, 9.17) is 4.74 Å². The first kappa shape index (κ1) is 8.73. The van der Waals surface area contributed by atoms with E-state index < -0.39 is 11.0 Å². The van der Waals surface area contributed by atoms with Gasteiger partial charge in [0.1, 0.15) is 0 Å². The Kier molecular flexibility index (Phi) is 1.32. The summed E-state index contributed by atoms with van der Waals surface area (Å²) >= 11 is 0. The molecule has 0 amide bonds. The largest absolute Gasteiger partial charge is 0.450 e. The van der Waals surface area contributed by atoms with Crippen LogP contribution in [0.5, 0.6) is 0 Å². The number of carbonyl (C=O) groups excluding carboxylic acids is 2. The van der Waals surface area contributed by atoms with Gasteiger partial charge < -0.3 is 4.74 Å². The van der Waals surface area contributed by atoms with Gasteiger partial charge in [-0.1, -0.05) is 13.8 Å². The molecule has 3 nitrogen and oxygen atoms in total. The lowest BCUT2D eigenvalue weighted by Gasteiger charge is -2.32. The fourth-order valence-electron chi connectivity index (χ4n) is 2.57. The minimum absolute atomic E-state index is 0.212. The monoisotopic (exact) mass is 182 g/mol. The van der Waals surface area contributed by atoms with Crippen LogP contribution in [0, 0.1) is 10.8 Å². The number of carbonyl (C=O) groups is 2. The molecule has 2 bridgehead atoms. The molecule has 1 aliphatic heterocycles. The van der Waals surface area contributed by atoms with Crippen molar-refractivity contribution in [3.8, 4) is 0 Å². The third kappa shape index (κ3) is 0.640. The Hall–Kier alpha value is -0.860. The molecule has 0 N–H and O–H groups in total. The van der Waals surface area contributed by atoms with E-state index in [1.807, 2.05) is 20.8 Å². The second kappa shape index (κ2) is 1.97. The number of fused-ring (bicyclic) bond motifs is 2. The van der Waals surface area contributed by atoms with Crippen molar-refractivity contribution >= 4 is 12.3 Å². The zero-order chi connectivity index (χ0) is 9.91. The quantitative estimate of drug-likeness (QED) is 0.453. The lowest BCUT2D eigenvalue weighted by atomic mass is 9.67. The Balaban J connectivity index is 2.59. The Labute approximate surface area is 77.4 Å². The second-order valence-corrected chi connectivity index (χ2v) is 4.85. The number of esters is 1. The number of ether oxygens (including phenoxy) is 1. The summed E-state index contributed by atoms with van der Waals surface area (Å²) in [7, 11) is 0. The van der Waals surface area contributed by atoms with E-state index in [2.05, 4.69) is 0 Å². The zero-order valence-electron chi connectivity index (χ0n) is 8.22. The number of rotatable bonds is 1. The standard InChI is InChI=1S/C10H14O3/c1-8(2)9(3)4-5-10(8,6-11)13-7(9)12/h6H,4-5H2,1-3H3. The van der Waals surface area contributed by atoms with E-state index in [1.54, 1.807) is 0 Å². The Morgan fingerprint density at radius 2 is 1.92 bits per heavy atom. The third-order valence-corrected chi connectivity index (χ3v) is 4.35. The topological polar surface area (TPSA) is 43.4 Å². The predicted molar refractivity (Wildman–Crippen MR) is 46.0 cm³/mol. The Morgan fingerprint density at radius 3 is 2.15 bits per heavy atom. The molecule has 0 aromatic rings. The molecular weight excluding hydrogens is 168 g/mol. The van der Waals surface area contributed by atoms with Gasteiger partial charge in [0.05, 0.1) is 5.41 Å². The van der Waals surface area contributed by atoms with Gasteiger partial charge in [-0.25, -0.2) is 0 Å². The molecule has 2 fully saturated rings. The molecule has 2 aliphatic rings. The van der Waals surface area contributed by atoms with E-state index >= 15 is 0 Å². The van der Waals surface area contributed by atoms with Crippen molar-refractivity contribution in [1.82, 2.24) is 0 Å². The molecule has 0 aromatic carbocycles. The maximum absolute atomic E-state index is 11.6. The molecule has 2 unspecified atom stereocenters. The number of hydrogen-bond donors (Lipinski definition) is 0. The molecule has 0 radical (unpaired) electrons. The summed E-state index contributed by atoms with van der Waals surface area (Å²) in [6, 6.07) is 0. The molecule has 3 heteroatoms. The SMILES string of the molecule is CC12CCC(C=O)(OC1=O)C2(C)C. The van der Waals surface area contributed by atoms with Crippen molar-refractivity contribution in [2.75, 3.05) is 0 Å². The average molecular weight is 182 g/mol. The van der Waals surface area contributed by atoms with Crippen LogP contribution in [-0.4, -0.2) is 17.9 Å². The van der Waals surface area contributed by atoms with Gasteiger partial charge in [-0.3, -0.25) is 9.59 Å². The molecule has 1 saturated heterocycles. The van der Waals surface area contributed by atoms with E-state index in [-0.39, 0.29) is 11.4 Å². The first-order valence-electron chi connectivity index (χ1n) is 4.59. The average Bonchev–Trinajstić information content (AvgIpc) is 2.34. The summed E-state index contributed by atoms with van der Waals surface area (Å²) in [4.78, 5) is 22.6. The highest BCUT2D eigenvalue weighted by atomic mass is 16.6. The van der Waals surface area contributed by atoms with Gasteiger partial charge in [0.15, 0.2) is 11.9 Å². The summed E-state index contributed by atoms with van der Waals surface area (Å²) in [6.45, 7) is 5.78. The van der Waals surface area contributed by atoms with Crippen molar-refractivity contribution in [1.29, 1.82) is 0 Å². The third-order valence-electron chi connectivity index (χ3n) is 4.35. The van der Waals surface area contributed by atoms with Crippen LogP contribution in [0.4, 0.5) is 0 Å². The van der Waals surface area contributed by atoms with Gasteiger partial charge in [0.2, 0.25) is 0 Å². The summed E-state index contributed by atoms with van der Waals surface area (Å²) in [5.41, 5.74) is -1.68. The molecule has 0 spiro atoms. The van der Waals surface area contributed by atoms with E-state index in [9.17, 15) is 9.59 Å². The summed E-state index contributed by atoms with van der Waals surface area (Å²) < 4.78 is 5.21. The second-order valence-electron chi connectivity index (χ2n) is 4.85. The fraction of sp³-hybridized carbons (Fsp3) is 0.800. The van der Waals surface area contributed by atoms with E-state index in [0.29, 0.717) is 6.42 Å². The molecule has 1 heterocycles. The van der Waals surface area contributed by atoms with Crippen LogP contribution in [0.1, 0.15) is 33.6 Å². The van der Waals surface area contributed by atoms with Gasteiger partial charge in [-0.15, -0.1) is 0 Å². The van der Waals surface area contributed by atoms with Crippen LogP contribution in [0.25, 0.3) is 0 Å². The first-order chi connectivity index (χ1) is 5.90. The van der Waals surface area contributed by atoms with E-state index in [1.165, 1.54) is 0 Å². The van der Waals surface area contributed by atoms with Crippen LogP contribution in [0.3, 0.4) is 0 Å². The maximum atomic E-state index is 11.6. The van der Waals surface area contributed by atoms with Crippen LogP contribution in [0.15, 0.2) is 0 Å². The Bertz CT molecular complexity index is 295. The molecule has 72 valence electrons. The van der Waals surface area contributed by atoms with E-state index in [0.717, 1.165) is 12.7 Å². The molecule has 2 atom stereocenters. The van der Waals surface area contributed by atoms with Gasteiger partial charge in [-0.2, -0.15) is 0 Å². The molecule has 13 heavy (non-hydrogen) atoms. The minimum Gasteiger partial charge on any atom is -0.450 e. The summed E-state index contributed by atoms with van der Waals surface area (Å²) in [5.74, 6) is -0.212. The van der Waals surface area contributed by atoms with Crippen molar-refractivity contribution in [2.45, 2.75) is 39.2 Å². The summed E-state index contributed by atoms with van der Waals surface area (Å²) in [6.07, 6.45) is 2.24. The molecule has 1 saturated carbocycles. The number of aldehydes is 1. The molecule has 2 rings (SSSR count). The van der Waals surface area contributed by atoms with Gasteiger partial charge >= 0.3 is 5.97 Å². The van der Waals surface area contributed by atoms with Crippen molar-refractivity contribution in [3.63, 3.8) is 0 Å². The fourth-order valence-corrected chi connectivity index (χ4v) is 2.57. The van der Waals surface area contributed by atoms with Crippen LogP contribution >= 0.6 is 0 Å². The molecule has 1 aliphatic carbocycles. The lowest BCUT2D eigenvalue weighted by Crippen LogP contribution is -2.42. The molecule has 0 aromatic heterocycles. The molecular formula is C10H14O3. The zero-order valence-corrected chi connectivity index (χ0v) is 8.22. The van der Waals surface area contributed by atoms with Crippen LogP contribution in [-0.2, 0) is 14.3 Å². The first-order valence-corrected chi connectivity index (χ1v) is 4.59. The van der Waals surface area contributed by atoms with Gasteiger partial charge in [0, 0.05) is 5.41 Å². The highest BCUT2D eigenvalue weighted by Gasteiger charge is 2.72. The van der Waals surface area contributed by atoms with Crippen LogP contribution in [0.2, 0.25) is 0 Å². The van der Waals surface area contributed by atoms with Gasteiger partial charge in [0.25, 0.3) is 0 Å². The van der Waals surface area contributed by atoms with Crippen molar-refractivity contribution in [2.24, 2.45) is 10.8 Å². The van der Waals surface area contributed by atoms with Crippen molar-refractivity contribution < 1.29 is 14.3 Å². The highest BCUT2D eigenvalue weighted by Crippen LogP contribution is 2.64. The highest BCUT2D eigenvalue weighted by molar-refractivity contribution is 5.88. The smallest absolute Gasteiger partial charge is 0.313 e. The predicted octanol–water partition coefficient (Wildman–Crippen LogP) is 1.31. The van der Waals surface area contributed by atoms with Crippen molar-refractivity contribution in [3.05, 3.63) is 0 Å². The number of hydrogen-bond acceptors (Lipinski definition) is 3. The minimum atomic E-state index is -0.848. The summed E-state index contributed by atoms with van der Waals surface area (Å²) in [5, 5.41) is 0. The Morgan fingerprint density at radius 1 is 1.31 bits per heavy atom.